The molecular weight excluding hydrogens is 226 g/mol. The number of rotatable bonds is 5. The van der Waals surface area contributed by atoms with Crippen LogP contribution in [0.5, 0.6) is 0 Å². The Morgan fingerprint density at radius 3 is 1.94 bits per heavy atom. The summed E-state index contributed by atoms with van der Waals surface area (Å²) in [7, 11) is 6.21. The van der Waals surface area contributed by atoms with Crippen molar-refractivity contribution in [2.45, 2.75) is 6.42 Å². The third-order valence-corrected chi connectivity index (χ3v) is 2.19. The maximum absolute atomic E-state index is 11.7. The van der Waals surface area contributed by atoms with Gasteiger partial charge in [-0.25, -0.2) is 4.79 Å². The molecule has 0 aromatic heterocycles. The van der Waals surface area contributed by atoms with Gasteiger partial charge in [-0.1, -0.05) is 0 Å². The zero-order chi connectivity index (χ0) is 13.6. The monoisotopic (exact) mass is 245 g/mol. The number of carbonyl (C=O) groups excluding carboxylic acids is 2. The second-order valence-electron chi connectivity index (χ2n) is 3.99. The van der Waals surface area contributed by atoms with E-state index in [-0.39, 0.29) is 31.4 Å². The molecule has 0 aromatic carbocycles. The SMILES string of the molecule is CN(C)C(=O)CN(C)C(=O)N(C)CCC(=O)O. The summed E-state index contributed by atoms with van der Waals surface area (Å²) < 4.78 is 0. The smallest absolute Gasteiger partial charge is 0.319 e. The second-order valence-corrected chi connectivity index (χ2v) is 3.99. The average molecular weight is 245 g/mol. The highest BCUT2D eigenvalue weighted by Gasteiger charge is 2.18. The van der Waals surface area contributed by atoms with Gasteiger partial charge in [0.05, 0.1) is 6.42 Å². The summed E-state index contributed by atoms with van der Waals surface area (Å²) in [6.07, 6.45) is -0.113. The van der Waals surface area contributed by atoms with Crippen LogP contribution in [0.25, 0.3) is 0 Å². The number of carbonyl (C=O) groups is 3. The summed E-state index contributed by atoms with van der Waals surface area (Å²) in [6.45, 7) is 0.0951. The van der Waals surface area contributed by atoms with Crippen molar-refractivity contribution in [1.82, 2.24) is 14.7 Å². The average Bonchev–Trinajstić information content (AvgIpc) is 2.24. The molecule has 0 aliphatic rings. The molecule has 7 nitrogen and oxygen atoms in total. The molecule has 0 unspecified atom stereocenters. The van der Waals surface area contributed by atoms with Gasteiger partial charge in [-0.05, 0) is 0 Å². The summed E-state index contributed by atoms with van der Waals surface area (Å²) >= 11 is 0. The van der Waals surface area contributed by atoms with Crippen LogP contribution in [0.4, 0.5) is 4.79 Å². The Labute approximate surface area is 101 Å². The minimum Gasteiger partial charge on any atom is -0.481 e. The molecule has 0 fully saturated rings. The molecule has 0 aliphatic carbocycles. The number of nitrogens with zero attached hydrogens (tertiary/aromatic N) is 3. The number of carboxylic acid groups (broad SMARTS) is 1. The van der Waals surface area contributed by atoms with E-state index in [9.17, 15) is 14.4 Å². The van der Waals surface area contributed by atoms with E-state index in [0.29, 0.717) is 0 Å². The summed E-state index contributed by atoms with van der Waals surface area (Å²) in [5.74, 6) is -1.15. The number of hydrogen-bond acceptors (Lipinski definition) is 3. The normalized spacial score (nSPS) is 9.65. The van der Waals surface area contributed by atoms with Gasteiger partial charge in [-0.15, -0.1) is 0 Å². The fraction of sp³-hybridized carbons (Fsp3) is 0.700. The highest BCUT2D eigenvalue weighted by Crippen LogP contribution is 1.96. The molecule has 0 atom stereocenters. The number of carboxylic acids is 1. The van der Waals surface area contributed by atoms with Crippen molar-refractivity contribution < 1.29 is 19.5 Å². The van der Waals surface area contributed by atoms with Crippen LogP contribution in [0, 0.1) is 0 Å². The molecule has 0 spiro atoms. The van der Waals surface area contributed by atoms with E-state index in [1.165, 1.54) is 28.8 Å². The number of hydrogen-bond donors (Lipinski definition) is 1. The summed E-state index contributed by atoms with van der Waals surface area (Å²) in [6, 6.07) is -0.374. The number of likely N-dealkylation sites (N-methyl/N-ethyl adjacent to an activating group) is 2. The van der Waals surface area contributed by atoms with Crippen LogP contribution in [0.1, 0.15) is 6.42 Å². The van der Waals surface area contributed by atoms with Crippen molar-refractivity contribution in [3.05, 3.63) is 0 Å². The lowest BCUT2D eigenvalue weighted by Crippen LogP contribution is -2.44. The number of amides is 3. The lowest BCUT2D eigenvalue weighted by Gasteiger charge is -2.25. The summed E-state index contributed by atoms with van der Waals surface area (Å²) in [4.78, 5) is 37.3. The van der Waals surface area contributed by atoms with Crippen LogP contribution in [0.3, 0.4) is 0 Å². The van der Waals surface area contributed by atoms with E-state index in [1.807, 2.05) is 0 Å². The Morgan fingerprint density at radius 1 is 1.00 bits per heavy atom. The van der Waals surface area contributed by atoms with E-state index in [2.05, 4.69) is 0 Å². The first-order chi connectivity index (χ1) is 7.75. The Balaban J connectivity index is 4.20. The van der Waals surface area contributed by atoms with Gasteiger partial charge in [0.25, 0.3) is 0 Å². The predicted molar refractivity (Wildman–Crippen MR) is 61.6 cm³/mol. The lowest BCUT2D eigenvalue weighted by atomic mass is 10.4. The van der Waals surface area contributed by atoms with E-state index in [1.54, 1.807) is 14.1 Å². The molecule has 1 N–H and O–H groups in total. The van der Waals surface area contributed by atoms with Crippen molar-refractivity contribution in [2.75, 3.05) is 41.3 Å². The molecule has 98 valence electrons. The minimum atomic E-state index is -0.961. The quantitative estimate of drug-likeness (QED) is 0.710. The molecule has 0 saturated heterocycles. The fourth-order valence-corrected chi connectivity index (χ4v) is 1.06. The maximum Gasteiger partial charge on any atom is 0.319 e. The van der Waals surface area contributed by atoms with E-state index < -0.39 is 5.97 Å². The Bertz CT molecular complexity index is 304. The van der Waals surface area contributed by atoms with Crippen LogP contribution in [0.2, 0.25) is 0 Å². The maximum atomic E-state index is 11.7. The first kappa shape index (κ1) is 15.2. The van der Waals surface area contributed by atoms with Crippen LogP contribution >= 0.6 is 0 Å². The van der Waals surface area contributed by atoms with Gasteiger partial charge in [0.1, 0.15) is 6.54 Å². The fourth-order valence-electron chi connectivity index (χ4n) is 1.06. The molecule has 0 aromatic rings. The van der Waals surface area contributed by atoms with Gasteiger partial charge in [0.2, 0.25) is 5.91 Å². The van der Waals surface area contributed by atoms with Gasteiger partial charge in [0.15, 0.2) is 0 Å². The molecule has 0 bridgehead atoms. The Kier molecular flexibility index (Phi) is 6.01. The number of urea groups is 1. The highest BCUT2D eigenvalue weighted by atomic mass is 16.4. The first-order valence-electron chi connectivity index (χ1n) is 5.14. The van der Waals surface area contributed by atoms with Gasteiger partial charge >= 0.3 is 12.0 Å². The van der Waals surface area contributed by atoms with Crippen LogP contribution in [-0.4, -0.2) is 79.0 Å². The molecule has 3 amide bonds. The zero-order valence-electron chi connectivity index (χ0n) is 10.6. The molecule has 17 heavy (non-hydrogen) atoms. The molecule has 0 heterocycles. The molecule has 0 radical (unpaired) electrons. The highest BCUT2D eigenvalue weighted by molar-refractivity contribution is 5.83. The summed E-state index contributed by atoms with van der Waals surface area (Å²) in [5, 5.41) is 8.49. The topological polar surface area (TPSA) is 81.2 Å². The third kappa shape index (κ3) is 5.74. The lowest BCUT2D eigenvalue weighted by molar-refractivity contribution is -0.137. The van der Waals surface area contributed by atoms with E-state index >= 15 is 0 Å². The van der Waals surface area contributed by atoms with Gasteiger partial charge in [0, 0.05) is 34.7 Å². The van der Waals surface area contributed by atoms with Crippen molar-refractivity contribution in [2.24, 2.45) is 0 Å². The van der Waals surface area contributed by atoms with Gasteiger partial charge < -0.3 is 19.8 Å². The van der Waals surface area contributed by atoms with Crippen LogP contribution < -0.4 is 0 Å². The summed E-state index contributed by atoms with van der Waals surface area (Å²) in [5.41, 5.74) is 0. The van der Waals surface area contributed by atoms with Crippen LogP contribution in [-0.2, 0) is 9.59 Å². The Morgan fingerprint density at radius 2 is 1.53 bits per heavy atom. The van der Waals surface area contributed by atoms with Crippen molar-refractivity contribution in [3.8, 4) is 0 Å². The Hall–Kier alpha value is -1.79. The standard InChI is InChI=1S/C10H19N3O4/c1-11(2)8(14)7-13(4)10(17)12(3)6-5-9(15)16/h5-7H2,1-4H3,(H,15,16). The molecule has 0 aliphatic heterocycles. The van der Waals surface area contributed by atoms with E-state index in [4.69, 9.17) is 5.11 Å². The van der Waals surface area contributed by atoms with Gasteiger partial charge in [-0.2, -0.15) is 0 Å². The molecule has 7 heteroatoms. The van der Waals surface area contributed by atoms with Gasteiger partial charge in [-0.3, -0.25) is 9.59 Å². The van der Waals surface area contributed by atoms with Crippen molar-refractivity contribution in [1.29, 1.82) is 0 Å². The first-order valence-corrected chi connectivity index (χ1v) is 5.14. The third-order valence-electron chi connectivity index (χ3n) is 2.19. The molecular formula is C10H19N3O4. The molecule has 0 rings (SSSR count). The number of aliphatic carboxylic acids is 1. The second kappa shape index (κ2) is 6.72. The molecule has 0 saturated carbocycles. The largest absolute Gasteiger partial charge is 0.481 e. The van der Waals surface area contributed by atoms with Crippen molar-refractivity contribution >= 4 is 17.9 Å². The van der Waals surface area contributed by atoms with Crippen LogP contribution in [0.15, 0.2) is 0 Å². The predicted octanol–water partition coefficient (Wildman–Crippen LogP) is -0.467. The minimum absolute atomic E-state index is 0.0246. The zero-order valence-corrected chi connectivity index (χ0v) is 10.6. The van der Waals surface area contributed by atoms with E-state index in [0.717, 1.165) is 0 Å². The van der Waals surface area contributed by atoms with Crippen molar-refractivity contribution in [3.63, 3.8) is 0 Å².